The van der Waals surface area contributed by atoms with Crippen molar-refractivity contribution in [2.24, 2.45) is 5.92 Å². The summed E-state index contributed by atoms with van der Waals surface area (Å²) in [6.07, 6.45) is 5.22. The van der Waals surface area contributed by atoms with E-state index in [-0.39, 0.29) is 5.91 Å². The summed E-state index contributed by atoms with van der Waals surface area (Å²) in [6.45, 7) is 3.75. The first kappa shape index (κ1) is 19.2. The van der Waals surface area contributed by atoms with Crippen molar-refractivity contribution in [2.75, 3.05) is 25.5 Å². The minimum absolute atomic E-state index is 0.0209. The number of ether oxygens (including phenoxy) is 1. The average molecular weight is 388 g/mol. The van der Waals surface area contributed by atoms with Crippen molar-refractivity contribution in [3.63, 3.8) is 0 Å². The number of methoxy groups -OCH3 is 1. The second kappa shape index (κ2) is 8.39. The number of esters is 1. The van der Waals surface area contributed by atoms with Crippen LogP contribution in [0.3, 0.4) is 0 Å². The van der Waals surface area contributed by atoms with Crippen molar-refractivity contribution >= 4 is 34.9 Å². The lowest BCUT2D eigenvalue weighted by Crippen LogP contribution is -2.37. The summed E-state index contributed by atoms with van der Waals surface area (Å²) in [5.74, 6) is 0.188. The molecule has 1 aromatic carbocycles. The number of carbonyl (C=O) groups is 2. The number of pyridine rings is 1. The van der Waals surface area contributed by atoms with E-state index in [1.165, 1.54) is 7.11 Å². The average Bonchev–Trinajstić information content (AvgIpc) is 2.69. The predicted molar refractivity (Wildman–Crippen MR) is 105 cm³/mol. The molecule has 0 saturated carbocycles. The molecule has 0 radical (unpaired) electrons. The van der Waals surface area contributed by atoms with Crippen LogP contribution in [0.2, 0.25) is 5.02 Å². The number of anilines is 2. The molecule has 0 aliphatic carbocycles. The lowest BCUT2D eigenvalue weighted by Gasteiger charge is -2.30. The van der Waals surface area contributed by atoms with Gasteiger partial charge in [0, 0.05) is 19.3 Å². The summed E-state index contributed by atoms with van der Waals surface area (Å²) in [5, 5.41) is 3.57. The molecule has 1 fully saturated rings. The molecule has 0 atom stereocenters. The van der Waals surface area contributed by atoms with E-state index >= 15 is 0 Å². The van der Waals surface area contributed by atoms with Crippen LogP contribution in [0.15, 0.2) is 36.7 Å². The van der Waals surface area contributed by atoms with E-state index in [2.05, 4.69) is 17.2 Å². The summed E-state index contributed by atoms with van der Waals surface area (Å²) in [7, 11) is 1.32. The third-order valence-electron chi connectivity index (χ3n) is 4.72. The molecule has 1 aromatic heterocycles. The quantitative estimate of drug-likeness (QED) is 0.798. The summed E-state index contributed by atoms with van der Waals surface area (Å²) in [6, 6.07) is 6.56. The fourth-order valence-corrected chi connectivity index (χ4v) is 3.21. The summed E-state index contributed by atoms with van der Waals surface area (Å²) in [5.41, 5.74) is 2.06. The molecule has 0 unspecified atom stereocenters. The van der Waals surface area contributed by atoms with Crippen molar-refractivity contribution in [1.82, 2.24) is 9.88 Å². The molecule has 7 heteroatoms. The van der Waals surface area contributed by atoms with Crippen LogP contribution >= 0.6 is 11.6 Å². The van der Waals surface area contributed by atoms with Gasteiger partial charge in [0.2, 0.25) is 0 Å². The van der Waals surface area contributed by atoms with E-state index in [1.807, 2.05) is 4.90 Å². The zero-order valence-electron chi connectivity index (χ0n) is 15.4. The Morgan fingerprint density at radius 2 is 1.93 bits per heavy atom. The maximum Gasteiger partial charge on any atom is 0.337 e. The van der Waals surface area contributed by atoms with Crippen molar-refractivity contribution < 1.29 is 14.3 Å². The van der Waals surface area contributed by atoms with Crippen LogP contribution in [0, 0.1) is 5.92 Å². The highest BCUT2D eigenvalue weighted by molar-refractivity contribution is 6.33. The van der Waals surface area contributed by atoms with Crippen molar-refractivity contribution in [3.8, 4) is 0 Å². The summed E-state index contributed by atoms with van der Waals surface area (Å²) in [4.78, 5) is 30.5. The largest absolute Gasteiger partial charge is 0.465 e. The summed E-state index contributed by atoms with van der Waals surface area (Å²) >= 11 is 6.22. The molecule has 27 heavy (non-hydrogen) atoms. The van der Waals surface area contributed by atoms with Crippen LogP contribution in [0.4, 0.5) is 11.4 Å². The first-order valence-corrected chi connectivity index (χ1v) is 9.25. The van der Waals surface area contributed by atoms with Crippen molar-refractivity contribution in [1.29, 1.82) is 0 Å². The normalized spacial score (nSPS) is 14.7. The van der Waals surface area contributed by atoms with Gasteiger partial charge in [-0.25, -0.2) is 4.79 Å². The van der Waals surface area contributed by atoms with E-state index in [0.717, 1.165) is 25.9 Å². The SMILES string of the molecule is COC(=O)c1ccc(Cl)c(Nc2cncc(C(=O)N3CCC(C)CC3)c2)c1. The number of rotatable bonds is 4. The van der Waals surface area contributed by atoms with Crippen molar-refractivity contribution in [2.45, 2.75) is 19.8 Å². The Balaban J connectivity index is 1.78. The van der Waals surface area contributed by atoms with Gasteiger partial charge in [0.1, 0.15) is 0 Å². The van der Waals surface area contributed by atoms with E-state index < -0.39 is 5.97 Å². The number of aromatic nitrogens is 1. The topological polar surface area (TPSA) is 71.5 Å². The molecule has 1 amide bonds. The number of benzene rings is 1. The van der Waals surface area contributed by atoms with E-state index in [9.17, 15) is 9.59 Å². The number of hydrogen-bond acceptors (Lipinski definition) is 5. The molecule has 1 N–H and O–H groups in total. The predicted octanol–water partition coefficient (Wildman–Crippen LogP) is 4.14. The first-order chi connectivity index (χ1) is 13.0. The standard InChI is InChI=1S/C20H22ClN3O3/c1-13-5-7-24(8-6-13)19(25)15-9-16(12-22-11-15)23-18-10-14(20(26)27-2)3-4-17(18)21/h3-4,9-13,23H,5-8H2,1-2H3. The Morgan fingerprint density at radius 3 is 2.63 bits per heavy atom. The van der Waals surface area contributed by atoms with E-state index in [4.69, 9.17) is 16.3 Å². The maximum absolute atomic E-state index is 12.7. The molecule has 1 aliphatic heterocycles. The van der Waals surface area contributed by atoms with Gasteiger partial charge in [-0.3, -0.25) is 9.78 Å². The van der Waals surface area contributed by atoms with Crippen LogP contribution < -0.4 is 5.32 Å². The molecule has 1 saturated heterocycles. The van der Waals surface area contributed by atoms with Gasteiger partial charge in [0.05, 0.1) is 40.8 Å². The molecule has 2 heterocycles. The number of likely N-dealkylation sites (tertiary alicyclic amines) is 1. The Morgan fingerprint density at radius 1 is 1.19 bits per heavy atom. The lowest BCUT2D eigenvalue weighted by atomic mass is 9.99. The Hall–Kier alpha value is -2.60. The molecule has 142 valence electrons. The third kappa shape index (κ3) is 4.57. The van der Waals surface area contributed by atoms with Gasteiger partial charge < -0.3 is 15.0 Å². The summed E-state index contributed by atoms with van der Waals surface area (Å²) < 4.78 is 4.73. The van der Waals surface area contributed by atoms with Crippen LogP contribution in [0.5, 0.6) is 0 Å². The van der Waals surface area contributed by atoms with Crippen LogP contribution in [0.25, 0.3) is 0 Å². The second-order valence-electron chi connectivity index (χ2n) is 6.75. The molecule has 1 aliphatic rings. The Kier molecular flexibility index (Phi) is 5.96. The molecular weight excluding hydrogens is 366 g/mol. The fraction of sp³-hybridized carbons (Fsp3) is 0.350. The number of hydrogen-bond donors (Lipinski definition) is 1. The highest BCUT2D eigenvalue weighted by Crippen LogP contribution is 2.27. The smallest absolute Gasteiger partial charge is 0.337 e. The van der Waals surface area contributed by atoms with Gasteiger partial charge in [-0.15, -0.1) is 0 Å². The number of nitrogens with one attached hydrogen (secondary N) is 1. The molecular formula is C20H22ClN3O3. The first-order valence-electron chi connectivity index (χ1n) is 8.87. The number of amides is 1. The zero-order chi connectivity index (χ0) is 19.4. The minimum atomic E-state index is -0.448. The van der Waals surface area contributed by atoms with Crippen LogP contribution in [-0.2, 0) is 4.74 Å². The Bertz CT molecular complexity index is 848. The molecule has 0 bridgehead atoms. The van der Waals surface area contributed by atoms with Gasteiger partial charge in [0.25, 0.3) is 5.91 Å². The Labute approximate surface area is 163 Å². The van der Waals surface area contributed by atoms with Crippen LogP contribution in [-0.4, -0.2) is 42.0 Å². The van der Waals surface area contributed by atoms with Gasteiger partial charge in [-0.2, -0.15) is 0 Å². The molecule has 2 aromatic rings. The zero-order valence-corrected chi connectivity index (χ0v) is 16.1. The number of piperidine rings is 1. The van der Waals surface area contributed by atoms with E-state index in [0.29, 0.717) is 33.4 Å². The van der Waals surface area contributed by atoms with Gasteiger partial charge in [0.15, 0.2) is 0 Å². The minimum Gasteiger partial charge on any atom is -0.465 e. The lowest BCUT2D eigenvalue weighted by molar-refractivity contribution is 0.0600. The fourth-order valence-electron chi connectivity index (χ4n) is 3.04. The van der Waals surface area contributed by atoms with Crippen LogP contribution in [0.1, 0.15) is 40.5 Å². The monoisotopic (exact) mass is 387 g/mol. The maximum atomic E-state index is 12.7. The van der Waals surface area contributed by atoms with E-state index in [1.54, 1.807) is 36.7 Å². The number of halogens is 1. The number of carbonyl (C=O) groups excluding carboxylic acids is 2. The third-order valence-corrected chi connectivity index (χ3v) is 5.05. The van der Waals surface area contributed by atoms with Gasteiger partial charge >= 0.3 is 5.97 Å². The number of nitrogens with zero attached hydrogens (tertiary/aromatic N) is 2. The van der Waals surface area contributed by atoms with Gasteiger partial charge in [-0.05, 0) is 43.0 Å². The van der Waals surface area contributed by atoms with Gasteiger partial charge in [-0.1, -0.05) is 18.5 Å². The highest BCUT2D eigenvalue weighted by Gasteiger charge is 2.22. The molecule has 3 rings (SSSR count). The molecule has 0 spiro atoms. The second-order valence-corrected chi connectivity index (χ2v) is 7.16. The highest BCUT2D eigenvalue weighted by atomic mass is 35.5. The molecule has 6 nitrogen and oxygen atoms in total. The van der Waals surface area contributed by atoms with Crippen molar-refractivity contribution in [3.05, 3.63) is 52.8 Å².